The highest BCUT2D eigenvalue weighted by Gasteiger charge is 2.17. The summed E-state index contributed by atoms with van der Waals surface area (Å²) in [5, 5.41) is 5.69. The summed E-state index contributed by atoms with van der Waals surface area (Å²) in [6.45, 7) is 5.61. The minimum Gasteiger partial charge on any atom is -0.314 e. The van der Waals surface area contributed by atoms with E-state index in [0.717, 1.165) is 0 Å². The quantitative estimate of drug-likeness (QED) is 0.543. The van der Waals surface area contributed by atoms with Gasteiger partial charge in [0, 0.05) is 17.2 Å². The zero-order chi connectivity index (χ0) is 18.4. The van der Waals surface area contributed by atoms with Crippen molar-refractivity contribution in [3.8, 4) is 0 Å². The van der Waals surface area contributed by atoms with E-state index < -0.39 is 11.5 Å². The Labute approximate surface area is 149 Å². The molecule has 2 rings (SSSR count). The van der Waals surface area contributed by atoms with Gasteiger partial charge in [0.25, 0.3) is 11.5 Å². The first-order valence-corrected chi connectivity index (χ1v) is 8.76. The van der Waals surface area contributed by atoms with Crippen LogP contribution in [0.3, 0.4) is 0 Å². The van der Waals surface area contributed by atoms with Gasteiger partial charge in [0.1, 0.15) is 0 Å². The van der Waals surface area contributed by atoms with E-state index in [0.29, 0.717) is 10.7 Å². The summed E-state index contributed by atoms with van der Waals surface area (Å²) in [4.78, 5) is 43.4. The number of carbonyl (C=O) groups excluding carboxylic acids is 2. The van der Waals surface area contributed by atoms with E-state index in [2.05, 4.69) is 20.6 Å². The highest BCUT2D eigenvalue weighted by molar-refractivity contribution is 7.99. The van der Waals surface area contributed by atoms with Crippen molar-refractivity contribution in [2.75, 3.05) is 10.6 Å². The van der Waals surface area contributed by atoms with Crippen LogP contribution in [0.4, 0.5) is 11.5 Å². The maximum absolute atomic E-state index is 12.4. The Morgan fingerprint density at radius 3 is 2.48 bits per heavy atom. The second-order valence-electron chi connectivity index (χ2n) is 5.48. The van der Waals surface area contributed by atoms with Crippen LogP contribution >= 0.6 is 11.8 Å². The normalized spacial score (nSPS) is 10.6. The van der Waals surface area contributed by atoms with Gasteiger partial charge in [0.15, 0.2) is 16.7 Å². The summed E-state index contributed by atoms with van der Waals surface area (Å²) >= 11 is 1.35. The molecule has 0 atom stereocenters. The van der Waals surface area contributed by atoms with Crippen molar-refractivity contribution < 1.29 is 9.59 Å². The molecule has 0 aliphatic rings. The van der Waals surface area contributed by atoms with Crippen molar-refractivity contribution >= 4 is 35.1 Å². The fourth-order valence-electron chi connectivity index (χ4n) is 1.93. The molecule has 7 nitrogen and oxygen atoms in total. The van der Waals surface area contributed by atoms with Crippen LogP contribution < -0.4 is 16.2 Å². The molecule has 8 heteroatoms. The first-order chi connectivity index (χ1) is 11.9. The van der Waals surface area contributed by atoms with Crippen LogP contribution in [-0.2, 0) is 4.79 Å². The van der Waals surface area contributed by atoms with E-state index in [1.165, 1.54) is 11.8 Å². The number of H-pyrrole nitrogens is 1. The van der Waals surface area contributed by atoms with Gasteiger partial charge in [-0.2, -0.15) is 0 Å². The summed E-state index contributed by atoms with van der Waals surface area (Å²) in [5.74, 6) is -0.707. The molecule has 0 spiro atoms. The van der Waals surface area contributed by atoms with Gasteiger partial charge in [-0.3, -0.25) is 19.4 Å². The molecule has 132 valence electrons. The largest absolute Gasteiger partial charge is 0.314 e. The lowest BCUT2D eigenvalue weighted by molar-refractivity contribution is -0.115. The fourth-order valence-corrected chi connectivity index (χ4v) is 2.68. The number of benzene rings is 1. The molecule has 25 heavy (non-hydrogen) atoms. The number of carbonyl (C=O) groups is 2. The van der Waals surface area contributed by atoms with Crippen LogP contribution in [0.15, 0.2) is 40.3 Å². The lowest BCUT2D eigenvalue weighted by Gasteiger charge is -2.12. The minimum absolute atomic E-state index is 0.0445. The van der Waals surface area contributed by atoms with Gasteiger partial charge in [-0.15, -0.1) is 0 Å². The van der Waals surface area contributed by atoms with Crippen LogP contribution in [0.1, 0.15) is 37.6 Å². The first kappa shape index (κ1) is 18.7. The lowest BCUT2D eigenvalue weighted by Crippen LogP contribution is -2.25. The lowest BCUT2D eigenvalue weighted by atomic mass is 10.2. The maximum atomic E-state index is 12.4. The van der Waals surface area contributed by atoms with Gasteiger partial charge in [-0.05, 0) is 12.1 Å². The number of aromatic amines is 1. The van der Waals surface area contributed by atoms with Gasteiger partial charge in [-0.1, -0.05) is 50.7 Å². The standard InChI is InChI=1S/C17H20N4O3S/c1-4-12(22)18-14-13(16(24)21-17(20-14)25-10(2)3)19-15(23)11-8-6-5-7-9-11/h5-10H,4H2,1-3H3,(H,19,23)(H2,18,20,21,22,24). The van der Waals surface area contributed by atoms with Gasteiger partial charge >= 0.3 is 0 Å². The van der Waals surface area contributed by atoms with E-state index in [1.54, 1.807) is 37.3 Å². The number of anilines is 2. The number of nitrogens with zero attached hydrogens (tertiary/aromatic N) is 1. The Kier molecular flexibility index (Phi) is 6.35. The zero-order valence-corrected chi connectivity index (χ0v) is 15.1. The predicted octanol–water partition coefficient (Wildman–Crippen LogP) is 2.87. The summed E-state index contributed by atoms with van der Waals surface area (Å²) in [6, 6.07) is 8.49. The summed E-state index contributed by atoms with van der Waals surface area (Å²) in [6.07, 6.45) is 0.229. The van der Waals surface area contributed by atoms with E-state index in [-0.39, 0.29) is 29.1 Å². The van der Waals surface area contributed by atoms with Crippen molar-refractivity contribution in [3.63, 3.8) is 0 Å². The molecule has 0 aliphatic heterocycles. The molecule has 1 aromatic heterocycles. The molecular formula is C17H20N4O3S. The average Bonchev–Trinajstić information content (AvgIpc) is 2.57. The third-order valence-corrected chi connectivity index (χ3v) is 3.99. The molecule has 0 radical (unpaired) electrons. The van der Waals surface area contributed by atoms with E-state index in [1.807, 2.05) is 13.8 Å². The summed E-state index contributed by atoms with van der Waals surface area (Å²) < 4.78 is 0. The smallest absolute Gasteiger partial charge is 0.277 e. The van der Waals surface area contributed by atoms with Crippen molar-refractivity contribution in [2.24, 2.45) is 0 Å². The van der Waals surface area contributed by atoms with E-state index >= 15 is 0 Å². The molecule has 0 unspecified atom stereocenters. The number of amides is 2. The maximum Gasteiger partial charge on any atom is 0.277 e. The number of thioether (sulfide) groups is 1. The Balaban J connectivity index is 2.39. The molecule has 0 fully saturated rings. The molecule has 3 N–H and O–H groups in total. The van der Waals surface area contributed by atoms with Gasteiger partial charge in [0.05, 0.1) is 0 Å². The predicted molar refractivity (Wildman–Crippen MR) is 99.2 cm³/mol. The monoisotopic (exact) mass is 360 g/mol. The van der Waals surface area contributed by atoms with Gasteiger partial charge in [-0.25, -0.2) is 4.98 Å². The van der Waals surface area contributed by atoms with Crippen molar-refractivity contribution in [1.82, 2.24) is 9.97 Å². The highest BCUT2D eigenvalue weighted by Crippen LogP contribution is 2.22. The topological polar surface area (TPSA) is 104 Å². The van der Waals surface area contributed by atoms with E-state index in [4.69, 9.17) is 0 Å². The highest BCUT2D eigenvalue weighted by atomic mass is 32.2. The van der Waals surface area contributed by atoms with Crippen LogP contribution in [0.2, 0.25) is 0 Å². The van der Waals surface area contributed by atoms with Crippen LogP contribution in [0, 0.1) is 0 Å². The number of hydrogen-bond acceptors (Lipinski definition) is 5. The third kappa shape index (κ3) is 5.18. The van der Waals surface area contributed by atoms with Crippen molar-refractivity contribution in [2.45, 2.75) is 37.6 Å². The number of nitrogens with one attached hydrogen (secondary N) is 3. The van der Waals surface area contributed by atoms with Crippen LogP contribution in [0.25, 0.3) is 0 Å². The molecule has 1 heterocycles. The third-order valence-electron chi connectivity index (χ3n) is 3.10. The SMILES string of the molecule is CCC(=O)Nc1nc(SC(C)C)[nH]c(=O)c1NC(=O)c1ccccc1. The van der Waals surface area contributed by atoms with Crippen molar-refractivity contribution in [3.05, 3.63) is 46.2 Å². The zero-order valence-electron chi connectivity index (χ0n) is 14.3. The van der Waals surface area contributed by atoms with Gasteiger partial charge < -0.3 is 10.6 Å². The molecule has 0 aliphatic carbocycles. The molecule has 2 amide bonds. The molecule has 0 saturated carbocycles. The van der Waals surface area contributed by atoms with Crippen molar-refractivity contribution in [1.29, 1.82) is 0 Å². The molecule has 0 saturated heterocycles. The van der Waals surface area contributed by atoms with E-state index in [9.17, 15) is 14.4 Å². The summed E-state index contributed by atoms with van der Waals surface area (Å²) in [7, 11) is 0. The Morgan fingerprint density at radius 1 is 1.20 bits per heavy atom. The Hall–Kier alpha value is -2.61. The Bertz CT molecular complexity index is 818. The first-order valence-electron chi connectivity index (χ1n) is 7.88. The second-order valence-corrected chi connectivity index (χ2v) is 7.05. The number of hydrogen-bond donors (Lipinski definition) is 3. The Morgan fingerprint density at radius 2 is 1.88 bits per heavy atom. The number of rotatable bonds is 6. The fraction of sp³-hybridized carbons (Fsp3) is 0.294. The molecule has 0 bridgehead atoms. The second kappa shape index (κ2) is 8.48. The average molecular weight is 360 g/mol. The summed E-state index contributed by atoms with van der Waals surface area (Å²) in [5.41, 5.74) is -0.201. The van der Waals surface area contributed by atoms with Crippen LogP contribution in [-0.4, -0.2) is 27.0 Å². The number of aromatic nitrogens is 2. The molecule has 1 aromatic carbocycles. The molecule has 2 aromatic rings. The van der Waals surface area contributed by atoms with Crippen LogP contribution in [0.5, 0.6) is 0 Å². The minimum atomic E-state index is -0.520. The molecular weight excluding hydrogens is 340 g/mol. The van der Waals surface area contributed by atoms with Gasteiger partial charge in [0.2, 0.25) is 5.91 Å².